The number of carbonyl (C=O) groups excluding carboxylic acids is 1. The van der Waals surface area contributed by atoms with Gasteiger partial charge in [-0.3, -0.25) is 9.69 Å². The van der Waals surface area contributed by atoms with Gasteiger partial charge in [0.25, 0.3) is 0 Å². The highest BCUT2D eigenvalue weighted by molar-refractivity contribution is 5.76. The second-order valence-corrected chi connectivity index (χ2v) is 9.66. The number of piperazine rings is 1. The Morgan fingerprint density at radius 3 is 2.72 bits per heavy atom. The maximum atomic E-state index is 12.8. The average molecular weight is 397 g/mol. The molecule has 2 saturated heterocycles. The third-order valence-corrected chi connectivity index (χ3v) is 7.84. The van der Waals surface area contributed by atoms with Crippen molar-refractivity contribution in [2.24, 2.45) is 17.3 Å². The summed E-state index contributed by atoms with van der Waals surface area (Å²) in [6.45, 7) is 9.23. The van der Waals surface area contributed by atoms with E-state index < -0.39 is 0 Å². The lowest BCUT2D eigenvalue weighted by Gasteiger charge is -2.46. The summed E-state index contributed by atoms with van der Waals surface area (Å²) >= 11 is 0. The SMILES string of the molecule is CC1=C2C[C@H]3[C@@H](C[C@@]2(C)CCC1)OC(=O)[C@@H]3CN1CCN(c2ncccn2)CC1. The van der Waals surface area contributed by atoms with Gasteiger partial charge in [0.05, 0.1) is 5.92 Å². The number of hydrogen-bond acceptors (Lipinski definition) is 6. The summed E-state index contributed by atoms with van der Waals surface area (Å²) in [4.78, 5) is 26.2. The van der Waals surface area contributed by atoms with Crippen molar-refractivity contribution in [3.63, 3.8) is 0 Å². The zero-order chi connectivity index (χ0) is 20.0. The fraction of sp³-hybridized carbons (Fsp3) is 0.696. The van der Waals surface area contributed by atoms with Crippen LogP contribution in [-0.2, 0) is 9.53 Å². The summed E-state index contributed by atoms with van der Waals surface area (Å²) in [6.07, 6.45) is 9.53. The minimum atomic E-state index is 0.0197. The van der Waals surface area contributed by atoms with Gasteiger partial charge in [0.15, 0.2) is 0 Å². The van der Waals surface area contributed by atoms with E-state index in [0.29, 0.717) is 5.92 Å². The number of nitrogens with zero attached hydrogens (tertiary/aromatic N) is 4. The Morgan fingerprint density at radius 2 is 1.97 bits per heavy atom. The van der Waals surface area contributed by atoms with Gasteiger partial charge in [-0.1, -0.05) is 18.1 Å². The predicted octanol–water partition coefficient (Wildman–Crippen LogP) is 3.06. The van der Waals surface area contributed by atoms with Crippen LogP contribution in [0.4, 0.5) is 5.95 Å². The van der Waals surface area contributed by atoms with Crippen LogP contribution in [0.2, 0.25) is 0 Å². The van der Waals surface area contributed by atoms with E-state index in [0.717, 1.165) is 51.5 Å². The summed E-state index contributed by atoms with van der Waals surface area (Å²) in [6, 6.07) is 1.85. The van der Waals surface area contributed by atoms with Gasteiger partial charge in [0, 0.05) is 51.0 Å². The van der Waals surface area contributed by atoms with Gasteiger partial charge in [-0.25, -0.2) is 9.97 Å². The quantitative estimate of drug-likeness (QED) is 0.578. The van der Waals surface area contributed by atoms with Gasteiger partial charge < -0.3 is 9.64 Å². The van der Waals surface area contributed by atoms with Crippen LogP contribution < -0.4 is 4.90 Å². The third kappa shape index (κ3) is 3.45. The van der Waals surface area contributed by atoms with Gasteiger partial charge >= 0.3 is 5.97 Å². The van der Waals surface area contributed by atoms with Crippen molar-refractivity contribution in [1.82, 2.24) is 14.9 Å². The predicted molar refractivity (Wildman–Crippen MR) is 111 cm³/mol. The maximum Gasteiger partial charge on any atom is 0.310 e. The zero-order valence-electron chi connectivity index (χ0n) is 17.6. The van der Waals surface area contributed by atoms with Crippen molar-refractivity contribution < 1.29 is 9.53 Å². The van der Waals surface area contributed by atoms with E-state index >= 15 is 0 Å². The summed E-state index contributed by atoms with van der Waals surface area (Å²) in [5.41, 5.74) is 3.46. The van der Waals surface area contributed by atoms with Crippen molar-refractivity contribution in [2.75, 3.05) is 37.6 Å². The molecule has 6 heteroatoms. The molecule has 156 valence electrons. The number of esters is 1. The van der Waals surface area contributed by atoms with Crippen molar-refractivity contribution in [3.8, 4) is 0 Å². The Hall–Kier alpha value is -1.95. The van der Waals surface area contributed by atoms with Crippen LogP contribution in [0.25, 0.3) is 0 Å². The number of allylic oxidation sites excluding steroid dienone is 2. The topological polar surface area (TPSA) is 58.6 Å². The highest BCUT2D eigenvalue weighted by Gasteiger charge is 2.53. The molecule has 0 aromatic carbocycles. The fourth-order valence-corrected chi connectivity index (χ4v) is 6.18. The molecule has 5 rings (SSSR count). The Morgan fingerprint density at radius 1 is 1.21 bits per heavy atom. The van der Waals surface area contributed by atoms with Crippen molar-refractivity contribution in [3.05, 3.63) is 29.6 Å². The first-order chi connectivity index (χ1) is 14.0. The monoisotopic (exact) mass is 396 g/mol. The molecule has 3 heterocycles. The third-order valence-electron chi connectivity index (χ3n) is 7.84. The molecule has 1 aromatic heterocycles. The molecule has 4 aliphatic rings. The number of rotatable bonds is 3. The second-order valence-electron chi connectivity index (χ2n) is 9.66. The number of anilines is 1. The molecule has 0 bridgehead atoms. The van der Waals surface area contributed by atoms with Crippen molar-refractivity contribution >= 4 is 11.9 Å². The van der Waals surface area contributed by atoms with E-state index in [2.05, 4.69) is 33.6 Å². The molecule has 0 radical (unpaired) electrons. The smallest absolute Gasteiger partial charge is 0.310 e. The molecule has 1 aromatic rings. The molecule has 29 heavy (non-hydrogen) atoms. The van der Waals surface area contributed by atoms with Crippen LogP contribution in [0, 0.1) is 17.3 Å². The number of aromatic nitrogens is 2. The lowest BCUT2D eigenvalue weighted by atomic mass is 9.59. The maximum absolute atomic E-state index is 12.8. The van der Waals surface area contributed by atoms with E-state index in [-0.39, 0.29) is 23.4 Å². The normalized spacial score (nSPS) is 35.3. The van der Waals surface area contributed by atoms with E-state index in [9.17, 15) is 4.79 Å². The largest absolute Gasteiger partial charge is 0.462 e. The van der Waals surface area contributed by atoms with Gasteiger partial charge in [0.1, 0.15) is 6.10 Å². The number of carbonyl (C=O) groups is 1. The highest BCUT2D eigenvalue weighted by atomic mass is 16.6. The van der Waals surface area contributed by atoms with E-state index in [1.165, 1.54) is 19.3 Å². The lowest BCUT2D eigenvalue weighted by molar-refractivity contribution is -0.145. The van der Waals surface area contributed by atoms with Gasteiger partial charge in [0.2, 0.25) is 5.95 Å². The van der Waals surface area contributed by atoms with Crippen LogP contribution in [0.5, 0.6) is 0 Å². The van der Waals surface area contributed by atoms with Crippen molar-refractivity contribution in [1.29, 1.82) is 0 Å². The molecule has 1 saturated carbocycles. The standard InChI is InChI=1S/C23H32N4O2/c1-16-5-3-6-23(2)14-20-17(13-19(16)23)18(21(28)29-20)15-26-9-11-27(12-10-26)22-24-7-4-8-25-22/h4,7-8,17-18,20H,3,5-6,9-15H2,1-2H3/t17-,18-,20-,23-/m1/s1. The molecule has 6 nitrogen and oxygen atoms in total. The van der Waals surface area contributed by atoms with Gasteiger partial charge in [-0.05, 0) is 50.5 Å². The Labute approximate surface area is 173 Å². The van der Waals surface area contributed by atoms with E-state index in [1.807, 2.05) is 6.07 Å². The Bertz CT molecular complexity index is 802. The Kier molecular flexibility index (Phi) is 4.85. The molecule has 2 aliphatic carbocycles. The molecule has 0 amide bonds. The summed E-state index contributed by atoms with van der Waals surface area (Å²) in [7, 11) is 0. The van der Waals surface area contributed by atoms with Crippen LogP contribution in [0.3, 0.4) is 0 Å². The highest BCUT2D eigenvalue weighted by Crippen LogP contribution is 2.55. The first-order valence-corrected chi connectivity index (χ1v) is 11.2. The molecule has 4 atom stereocenters. The van der Waals surface area contributed by atoms with Crippen molar-refractivity contribution in [2.45, 2.75) is 52.1 Å². The molecule has 3 fully saturated rings. The summed E-state index contributed by atoms with van der Waals surface area (Å²) in [5, 5.41) is 0. The first-order valence-electron chi connectivity index (χ1n) is 11.2. The average Bonchev–Trinajstić information content (AvgIpc) is 3.01. The number of ether oxygens (including phenoxy) is 1. The Balaban J connectivity index is 1.25. The summed E-state index contributed by atoms with van der Waals surface area (Å²) in [5.74, 6) is 1.22. The molecule has 2 aliphatic heterocycles. The molecule has 0 spiro atoms. The lowest BCUT2D eigenvalue weighted by Crippen LogP contribution is -2.49. The minimum absolute atomic E-state index is 0.0197. The molecule has 0 N–H and O–H groups in total. The molecular weight excluding hydrogens is 364 g/mol. The second kappa shape index (κ2) is 7.38. The van der Waals surface area contributed by atoms with Crippen LogP contribution in [0.15, 0.2) is 29.6 Å². The van der Waals surface area contributed by atoms with Crippen LogP contribution in [0.1, 0.15) is 46.0 Å². The number of fused-ring (bicyclic) bond motifs is 2. The summed E-state index contributed by atoms with van der Waals surface area (Å²) < 4.78 is 5.94. The van der Waals surface area contributed by atoms with Crippen LogP contribution in [-0.4, -0.2) is 59.7 Å². The minimum Gasteiger partial charge on any atom is -0.462 e. The first kappa shape index (κ1) is 19.0. The van der Waals surface area contributed by atoms with Crippen LogP contribution >= 0.6 is 0 Å². The van der Waals surface area contributed by atoms with E-state index in [4.69, 9.17) is 4.74 Å². The number of hydrogen-bond donors (Lipinski definition) is 0. The molecule has 0 unspecified atom stereocenters. The van der Waals surface area contributed by atoms with Gasteiger partial charge in [-0.15, -0.1) is 0 Å². The fourth-order valence-electron chi connectivity index (χ4n) is 6.18. The van der Waals surface area contributed by atoms with Gasteiger partial charge in [-0.2, -0.15) is 0 Å². The van der Waals surface area contributed by atoms with E-state index in [1.54, 1.807) is 23.5 Å². The zero-order valence-corrected chi connectivity index (χ0v) is 17.6. The molecular formula is C23H32N4O2.